The molecular formula is C25H25N3O5S2. The number of hydrogen-bond donors (Lipinski definition) is 1. The van der Waals surface area contributed by atoms with E-state index in [0.29, 0.717) is 40.5 Å². The summed E-state index contributed by atoms with van der Waals surface area (Å²) in [6.07, 6.45) is 1.39. The number of rotatable bonds is 6. The lowest BCUT2D eigenvalue weighted by molar-refractivity contribution is -0.00461. The average molecular weight is 512 g/mol. The van der Waals surface area contributed by atoms with Gasteiger partial charge in [-0.3, -0.25) is 14.6 Å². The number of pyridine rings is 1. The quantitative estimate of drug-likeness (QED) is 0.411. The number of methoxy groups -OCH3 is 2. The number of carbonyl (C=O) groups excluding carboxylic acids is 2. The van der Waals surface area contributed by atoms with E-state index in [-0.39, 0.29) is 24.0 Å². The molecule has 1 aromatic carbocycles. The molecule has 1 fully saturated rings. The van der Waals surface area contributed by atoms with E-state index in [1.807, 2.05) is 25.1 Å². The third-order valence-corrected chi connectivity index (χ3v) is 8.41. The number of aromatic nitrogens is 1. The normalized spacial score (nSPS) is 17.9. The largest absolute Gasteiger partial charge is 0.456 e. The zero-order chi connectivity index (χ0) is 24.7. The predicted molar refractivity (Wildman–Crippen MR) is 137 cm³/mol. The van der Waals surface area contributed by atoms with Crippen LogP contribution in [0.3, 0.4) is 0 Å². The van der Waals surface area contributed by atoms with Gasteiger partial charge in [-0.1, -0.05) is 0 Å². The fourth-order valence-corrected chi connectivity index (χ4v) is 6.54. The number of ether oxygens (including phenoxy) is 3. The second-order valence-electron chi connectivity index (χ2n) is 8.26. The van der Waals surface area contributed by atoms with Gasteiger partial charge in [0.2, 0.25) is 0 Å². The Balaban J connectivity index is 1.42. The molecule has 4 heterocycles. The Labute approximate surface area is 210 Å². The van der Waals surface area contributed by atoms with Gasteiger partial charge in [0, 0.05) is 61.6 Å². The number of hydrogen-bond acceptors (Lipinski definition) is 8. The minimum absolute atomic E-state index is 0.0715. The summed E-state index contributed by atoms with van der Waals surface area (Å²) in [7, 11) is 4.89. The van der Waals surface area contributed by atoms with Crippen molar-refractivity contribution in [3.63, 3.8) is 0 Å². The van der Waals surface area contributed by atoms with E-state index in [1.165, 1.54) is 11.3 Å². The maximum absolute atomic E-state index is 13.2. The molecule has 1 aliphatic rings. The van der Waals surface area contributed by atoms with Crippen LogP contribution in [0.2, 0.25) is 0 Å². The maximum Gasteiger partial charge on any atom is 0.264 e. The number of aryl methyl sites for hydroxylation is 1. The second-order valence-corrected chi connectivity index (χ2v) is 10.6. The Kier molecular flexibility index (Phi) is 6.45. The molecule has 8 nitrogen and oxygen atoms in total. The van der Waals surface area contributed by atoms with Crippen LogP contribution in [0.5, 0.6) is 11.5 Å². The lowest BCUT2D eigenvalue weighted by Crippen LogP contribution is -2.29. The van der Waals surface area contributed by atoms with Crippen molar-refractivity contribution in [2.75, 3.05) is 34.4 Å². The van der Waals surface area contributed by atoms with Crippen molar-refractivity contribution in [3.05, 3.63) is 51.8 Å². The van der Waals surface area contributed by atoms with Gasteiger partial charge in [0.15, 0.2) is 0 Å². The maximum atomic E-state index is 13.2. The van der Waals surface area contributed by atoms with Gasteiger partial charge in [0.05, 0.1) is 20.7 Å². The van der Waals surface area contributed by atoms with Crippen LogP contribution >= 0.6 is 22.7 Å². The first-order valence-electron chi connectivity index (χ1n) is 11.1. The average Bonchev–Trinajstić information content (AvgIpc) is 3.57. The van der Waals surface area contributed by atoms with E-state index in [4.69, 9.17) is 14.2 Å². The molecule has 1 saturated heterocycles. The number of thiophene rings is 2. The van der Waals surface area contributed by atoms with Crippen LogP contribution in [0.25, 0.3) is 20.3 Å². The van der Waals surface area contributed by atoms with Crippen LogP contribution in [0.1, 0.15) is 24.9 Å². The lowest BCUT2D eigenvalue weighted by Gasteiger charge is -2.14. The van der Waals surface area contributed by atoms with E-state index in [2.05, 4.69) is 10.3 Å². The van der Waals surface area contributed by atoms with Gasteiger partial charge in [0.25, 0.3) is 11.8 Å². The standard InChI is InChI=1S/C25H25N3O5S2/c1-13-22(24(29)26-2)15-6-5-14(9-20(15)34-13)33-17-7-8-27-16-10-21(35-23(16)17)25(30)28-11-18(31-3)19(12-28)32-4/h5-10,18-19H,11-12H2,1-4H3,(H,26,29). The summed E-state index contributed by atoms with van der Waals surface area (Å²) in [5.74, 6) is 1.11. The zero-order valence-electron chi connectivity index (χ0n) is 19.8. The van der Waals surface area contributed by atoms with Crippen molar-refractivity contribution < 1.29 is 23.8 Å². The highest BCUT2D eigenvalue weighted by Crippen LogP contribution is 2.38. The smallest absolute Gasteiger partial charge is 0.264 e. The summed E-state index contributed by atoms with van der Waals surface area (Å²) in [5.41, 5.74) is 1.40. The van der Waals surface area contributed by atoms with Gasteiger partial charge in [0.1, 0.15) is 23.7 Å². The molecule has 3 aromatic heterocycles. The number of nitrogens with zero attached hydrogens (tertiary/aromatic N) is 2. The van der Waals surface area contributed by atoms with Crippen LogP contribution in [0.15, 0.2) is 36.5 Å². The first kappa shape index (κ1) is 23.7. The first-order valence-corrected chi connectivity index (χ1v) is 12.7. The molecule has 10 heteroatoms. The molecule has 4 aromatic rings. The topological polar surface area (TPSA) is 90.0 Å². The van der Waals surface area contributed by atoms with Crippen molar-refractivity contribution >= 4 is 54.8 Å². The Morgan fingerprint density at radius 3 is 2.51 bits per heavy atom. The van der Waals surface area contributed by atoms with Crippen LogP contribution in [0, 0.1) is 6.92 Å². The molecular weight excluding hydrogens is 486 g/mol. The van der Waals surface area contributed by atoms with Crippen LogP contribution in [-0.4, -0.2) is 68.3 Å². The summed E-state index contributed by atoms with van der Waals surface area (Å²) in [6, 6.07) is 9.30. The summed E-state index contributed by atoms with van der Waals surface area (Å²) < 4.78 is 18.9. The van der Waals surface area contributed by atoms with Crippen LogP contribution < -0.4 is 10.1 Å². The van der Waals surface area contributed by atoms with Crippen molar-refractivity contribution in [1.82, 2.24) is 15.2 Å². The summed E-state index contributed by atoms with van der Waals surface area (Å²) in [4.78, 5) is 33.2. The molecule has 35 heavy (non-hydrogen) atoms. The van der Waals surface area contributed by atoms with Gasteiger partial charge in [-0.15, -0.1) is 22.7 Å². The number of amides is 2. The van der Waals surface area contributed by atoms with Crippen molar-refractivity contribution in [2.24, 2.45) is 0 Å². The molecule has 0 spiro atoms. The van der Waals surface area contributed by atoms with E-state index < -0.39 is 0 Å². The Bertz CT molecular complexity index is 1420. The monoisotopic (exact) mass is 511 g/mol. The minimum Gasteiger partial charge on any atom is -0.456 e. The molecule has 0 aliphatic carbocycles. The SMILES string of the molecule is CNC(=O)c1c(C)sc2cc(Oc3ccnc4cc(C(=O)N5CC(OC)C(OC)C5)sc34)ccc12. The molecule has 1 N–H and O–H groups in total. The molecule has 2 amide bonds. The highest BCUT2D eigenvalue weighted by Gasteiger charge is 2.36. The fraction of sp³-hybridized carbons (Fsp3) is 0.320. The molecule has 0 saturated carbocycles. The number of carbonyl (C=O) groups is 2. The molecule has 5 rings (SSSR count). The zero-order valence-corrected chi connectivity index (χ0v) is 21.4. The van der Waals surface area contributed by atoms with E-state index in [1.54, 1.807) is 55.8 Å². The molecule has 0 bridgehead atoms. The van der Waals surface area contributed by atoms with E-state index in [9.17, 15) is 9.59 Å². The van der Waals surface area contributed by atoms with E-state index >= 15 is 0 Å². The summed E-state index contributed by atoms with van der Waals surface area (Å²) in [6.45, 7) is 2.91. The molecule has 182 valence electrons. The Hall–Kier alpha value is -3.05. The highest BCUT2D eigenvalue weighted by atomic mass is 32.1. The van der Waals surface area contributed by atoms with Gasteiger partial charge >= 0.3 is 0 Å². The van der Waals surface area contributed by atoms with Gasteiger partial charge in [-0.05, 0) is 31.2 Å². The molecule has 1 aliphatic heterocycles. The fourth-order valence-electron chi connectivity index (χ4n) is 4.42. The van der Waals surface area contributed by atoms with Gasteiger partial charge < -0.3 is 24.4 Å². The minimum atomic E-state index is -0.143. The predicted octanol–water partition coefficient (Wildman–Crippen LogP) is 4.46. The highest BCUT2D eigenvalue weighted by molar-refractivity contribution is 7.21. The van der Waals surface area contributed by atoms with Crippen LogP contribution in [0.4, 0.5) is 0 Å². The Morgan fingerprint density at radius 2 is 1.83 bits per heavy atom. The van der Waals surface area contributed by atoms with Crippen LogP contribution in [-0.2, 0) is 9.47 Å². The van der Waals surface area contributed by atoms with Crippen molar-refractivity contribution in [3.8, 4) is 11.5 Å². The third-order valence-electron chi connectivity index (χ3n) is 6.21. The van der Waals surface area contributed by atoms with Crippen molar-refractivity contribution in [2.45, 2.75) is 19.1 Å². The number of nitrogens with one attached hydrogen (secondary N) is 1. The van der Waals surface area contributed by atoms with Gasteiger partial charge in [-0.25, -0.2) is 0 Å². The number of fused-ring (bicyclic) bond motifs is 2. The number of benzene rings is 1. The lowest BCUT2D eigenvalue weighted by atomic mass is 10.1. The number of likely N-dealkylation sites (tertiary alicyclic amines) is 1. The third kappa shape index (κ3) is 4.27. The summed E-state index contributed by atoms with van der Waals surface area (Å²) in [5, 5.41) is 3.60. The second kappa shape index (κ2) is 9.54. The van der Waals surface area contributed by atoms with Crippen molar-refractivity contribution in [1.29, 1.82) is 0 Å². The Morgan fingerprint density at radius 1 is 1.09 bits per heavy atom. The van der Waals surface area contributed by atoms with E-state index in [0.717, 1.165) is 19.7 Å². The molecule has 0 radical (unpaired) electrons. The molecule has 2 unspecified atom stereocenters. The first-order chi connectivity index (χ1) is 16.9. The summed E-state index contributed by atoms with van der Waals surface area (Å²) >= 11 is 2.92. The molecule has 2 atom stereocenters. The van der Waals surface area contributed by atoms with Gasteiger partial charge in [-0.2, -0.15) is 0 Å².